The molecule has 0 saturated heterocycles. The number of carbonyl (C=O) groups is 1. The first-order chi connectivity index (χ1) is 12.8. The highest BCUT2D eigenvalue weighted by Gasteiger charge is 2.16. The molecule has 136 valence electrons. The van der Waals surface area contributed by atoms with Crippen LogP contribution in [-0.4, -0.2) is 21.0 Å². The van der Waals surface area contributed by atoms with Gasteiger partial charge in [-0.3, -0.25) is 4.79 Å². The van der Waals surface area contributed by atoms with Crippen molar-refractivity contribution in [2.24, 2.45) is 0 Å². The van der Waals surface area contributed by atoms with Crippen LogP contribution < -0.4 is 5.32 Å². The van der Waals surface area contributed by atoms with E-state index in [2.05, 4.69) is 20.4 Å². The molecule has 26 heavy (non-hydrogen) atoms. The summed E-state index contributed by atoms with van der Waals surface area (Å²) < 4.78 is 5.24. The minimum Gasteiger partial charge on any atom is -0.339 e. The summed E-state index contributed by atoms with van der Waals surface area (Å²) in [6.07, 6.45) is 7.80. The van der Waals surface area contributed by atoms with Crippen molar-refractivity contribution >= 4 is 33.7 Å². The predicted octanol–water partition coefficient (Wildman–Crippen LogP) is 4.48. The van der Waals surface area contributed by atoms with Gasteiger partial charge >= 0.3 is 0 Å². The molecule has 3 aromatic heterocycles. The van der Waals surface area contributed by atoms with Gasteiger partial charge in [0.15, 0.2) is 5.13 Å². The molecule has 0 atom stereocenters. The maximum Gasteiger partial charge on any atom is 0.227 e. The molecule has 1 aliphatic rings. The number of fused-ring (bicyclic) bond motifs is 1. The van der Waals surface area contributed by atoms with Gasteiger partial charge in [-0.05, 0) is 37.1 Å². The van der Waals surface area contributed by atoms with Gasteiger partial charge in [-0.1, -0.05) is 24.1 Å². The zero-order chi connectivity index (χ0) is 17.8. The lowest BCUT2D eigenvalue weighted by atomic mass is 10.0. The van der Waals surface area contributed by atoms with Crippen LogP contribution in [0, 0.1) is 0 Å². The Hall–Kier alpha value is -2.06. The highest BCUT2D eigenvalue weighted by molar-refractivity contribution is 7.15. The minimum atomic E-state index is -0.0670. The van der Waals surface area contributed by atoms with Gasteiger partial charge in [-0.15, -0.1) is 22.7 Å². The molecule has 0 saturated carbocycles. The summed E-state index contributed by atoms with van der Waals surface area (Å²) in [5.74, 6) is 0.993. The van der Waals surface area contributed by atoms with Crippen molar-refractivity contribution in [1.82, 2.24) is 15.1 Å². The molecule has 3 heterocycles. The molecule has 0 fully saturated rings. The Labute approximate surface area is 159 Å². The van der Waals surface area contributed by atoms with Gasteiger partial charge < -0.3 is 9.84 Å². The van der Waals surface area contributed by atoms with Gasteiger partial charge in [0, 0.05) is 17.7 Å². The molecule has 0 unspecified atom stereocenters. The van der Waals surface area contributed by atoms with Gasteiger partial charge in [0.1, 0.15) is 0 Å². The number of thiophene rings is 1. The molecule has 0 bridgehead atoms. The second-order valence-corrected chi connectivity index (χ2v) is 8.37. The first kappa shape index (κ1) is 17.4. The average molecular weight is 389 g/mol. The summed E-state index contributed by atoms with van der Waals surface area (Å²) in [7, 11) is 0. The molecular formula is C18H20N4O2S2. The van der Waals surface area contributed by atoms with Crippen molar-refractivity contribution in [1.29, 1.82) is 0 Å². The van der Waals surface area contributed by atoms with E-state index in [1.807, 2.05) is 17.5 Å². The van der Waals surface area contributed by atoms with E-state index in [4.69, 9.17) is 4.52 Å². The molecule has 8 heteroatoms. The molecule has 1 aliphatic carbocycles. The predicted molar refractivity (Wildman–Crippen MR) is 103 cm³/mol. The highest BCUT2D eigenvalue weighted by atomic mass is 32.1. The van der Waals surface area contributed by atoms with Crippen LogP contribution in [0.15, 0.2) is 22.0 Å². The van der Waals surface area contributed by atoms with Gasteiger partial charge in [0.2, 0.25) is 17.6 Å². The zero-order valence-corrected chi connectivity index (χ0v) is 16.0. The van der Waals surface area contributed by atoms with Gasteiger partial charge in [0.05, 0.1) is 10.6 Å². The number of carbonyl (C=O) groups excluding carboxylic acids is 1. The van der Waals surface area contributed by atoms with Crippen molar-refractivity contribution in [2.45, 2.75) is 51.4 Å². The number of amides is 1. The summed E-state index contributed by atoms with van der Waals surface area (Å²) in [6, 6.07) is 3.89. The fourth-order valence-electron chi connectivity index (χ4n) is 3.02. The van der Waals surface area contributed by atoms with Crippen LogP contribution in [0.2, 0.25) is 0 Å². The van der Waals surface area contributed by atoms with Crippen LogP contribution in [0.4, 0.5) is 5.13 Å². The smallest absolute Gasteiger partial charge is 0.227 e. The first-order valence-corrected chi connectivity index (χ1v) is 10.6. The van der Waals surface area contributed by atoms with Crippen molar-refractivity contribution in [3.05, 3.63) is 34.0 Å². The third-order valence-electron chi connectivity index (χ3n) is 4.37. The summed E-state index contributed by atoms with van der Waals surface area (Å²) in [6.45, 7) is 0. The fourth-order valence-corrected chi connectivity index (χ4v) is 4.74. The van der Waals surface area contributed by atoms with E-state index in [1.54, 1.807) is 22.7 Å². The van der Waals surface area contributed by atoms with Crippen molar-refractivity contribution in [2.75, 3.05) is 5.32 Å². The fraction of sp³-hybridized carbons (Fsp3) is 0.444. The SMILES string of the molecule is O=C(CCc1nc(-c2cccs2)no1)Nc1nc2c(s1)CCCCCC2. The van der Waals surface area contributed by atoms with Crippen LogP contribution in [0.3, 0.4) is 0 Å². The Morgan fingerprint density at radius 2 is 2.08 bits per heavy atom. The van der Waals surface area contributed by atoms with E-state index in [9.17, 15) is 4.79 Å². The Balaban J connectivity index is 1.32. The van der Waals surface area contributed by atoms with Gasteiger partial charge in [-0.25, -0.2) is 4.98 Å². The number of thiazole rings is 1. The van der Waals surface area contributed by atoms with Crippen molar-refractivity contribution < 1.29 is 9.32 Å². The molecule has 1 amide bonds. The third-order valence-corrected chi connectivity index (χ3v) is 6.31. The second-order valence-electron chi connectivity index (χ2n) is 6.34. The van der Waals surface area contributed by atoms with Crippen LogP contribution in [0.1, 0.15) is 48.6 Å². The van der Waals surface area contributed by atoms with Crippen molar-refractivity contribution in [3.63, 3.8) is 0 Å². The molecule has 0 aliphatic heterocycles. The Morgan fingerprint density at radius 3 is 2.92 bits per heavy atom. The zero-order valence-electron chi connectivity index (χ0n) is 14.4. The van der Waals surface area contributed by atoms with E-state index in [-0.39, 0.29) is 5.91 Å². The number of rotatable bonds is 5. The van der Waals surface area contributed by atoms with E-state index >= 15 is 0 Å². The second kappa shape index (κ2) is 8.09. The number of anilines is 1. The maximum atomic E-state index is 12.2. The molecule has 1 N–H and O–H groups in total. The van der Waals surface area contributed by atoms with E-state index in [0.717, 1.165) is 17.7 Å². The number of hydrogen-bond donors (Lipinski definition) is 1. The Kier molecular flexibility index (Phi) is 5.40. The maximum absolute atomic E-state index is 12.2. The summed E-state index contributed by atoms with van der Waals surface area (Å²) in [5.41, 5.74) is 1.17. The molecule has 0 aromatic carbocycles. The largest absolute Gasteiger partial charge is 0.339 e. The van der Waals surface area contributed by atoms with Gasteiger partial charge in [0.25, 0.3) is 0 Å². The van der Waals surface area contributed by atoms with Gasteiger partial charge in [-0.2, -0.15) is 4.98 Å². The van der Waals surface area contributed by atoms with Crippen molar-refractivity contribution in [3.8, 4) is 10.7 Å². The van der Waals surface area contributed by atoms with Crippen LogP contribution in [0.5, 0.6) is 0 Å². The number of nitrogens with one attached hydrogen (secondary N) is 1. The molecule has 3 aromatic rings. The lowest BCUT2D eigenvalue weighted by Gasteiger charge is -2.06. The lowest BCUT2D eigenvalue weighted by molar-refractivity contribution is -0.116. The highest BCUT2D eigenvalue weighted by Crippen LogP contribution is 2.28. The Morgan fingerprint density at radius 1 is 1.19 bits per heavy atom. The molecule has 0 spiro atoms. The first-order valence-electron chi connectivity index (χ1n) is 8.93. The number of nitrogens with zero attached hydrogens (tertiary/aromatic N) is 3. The normalized spacial score (nSPS) is 14.5. The lowest BCUT2D eigenvalue weighted by Crippen LogP contribution is -2.12. The molecule has 6 nitrogen and oxygen atoms in total. The quantitative estimate of drug-likeness (QED) is 0.697. The van der Waals surface area contributed by atoms with Crippen LogP contribution in [0.25, 0.3) is 10.7 Å². The third kappa shape index (κ3) is 4.19. The van der Waals surface area contributed by atoms with E-state index < -0.39 is 0 Å². The van der Waals surface area contributed by atoms with E-state index in [0.29, 0.717) is 29.7 Å². The number of aromatic nitrogens is 3. The molecule has 4 rings (SSSR count). The topological polar surface area (TPSA) is 80.9 Å². The van der Waals surface area contributed by atoms with E-state index in [1.165, 1.54) is 36.3 Å². The monoisotopic (exact) mass is 388 g/mol. The average Bonchev–Trinajstić information content (AvgIpc) is 3.34. The summed E-state index contributed by atoms with van der Waals surface area (Å²) in [4.78, 5) is 23.5. The van der Waals surface area contributed by atoms with Crippen LogP contribution in [-0.2, 0) is 24.1 Å². The number of hydrogen-bond acceptors (Lipinski definition) is 7. The Bertz CT molecular complexity index is 844. The molecular weight excluding hydrogens is 368 g/mol. The molecule has 0 radical (unpaired) electrons. The number of aryl methyl sites for hydroxylation is 3. The minimum absolute atomic E-state index is 0.0670. The van der Waals surface area contributed by atoms with Crippen LogP contribution >= 0.6 is 22.7 Å². The standard InChI is InChI=1S/C18H20N4O2S2/c23-15(9-10-16-21-17(22-24-16)14-8-5-11-25-14)20-18-19-12-6-3-1-2-4-7-13(12)26-18/h5,8,11H,1-4,6-7,9-10H2,(H,19,20,23). The summed E-state index contributed by atoms with van der Waals surface area (Å²) >= 11 is 3.18. The summed E-state index contributed by atoms with van der Waals surface area (Å²) in [5, 5.41) is 9.57.